The Morgan fingerprint density at radius 1 is 1.17 bits per heavy atom. The molecule has 1 saturated heterocycles. The highest BCUT2D eigenvalue weighted by atomic mass is 16.2. The Labute approximate surface area is 138 Å². The van der Waals surface area contributed by atoms with Crippen molar-refractivity contribution in [3.63, 3.8) is 0 Å². The van der Waals surface area contributed by atoms with Gasteiger partial charge >= 0.3 is 6.03 Å². The molecule has 1 aromatic heterocycles. The number of hydrogen-bond acceptors (Lipinski definition) is 3. The van der Waals surface area contributed by atoms with E-state index in [1.807, 2.05) is 43.4 Å². The van der Waals surface area contributed by atoms with Crippen LogP contribution in [0.25, 0.3) is 0 Å². The molecule has 0 unspecified atom stereocenters. The van der Waals surface area contributed by atoms with Crippen LogP contribution in [0.3, 0.4) is 0 Å². The quantitative estimate of drug-likeness (QED) is 0.838. The number of carbonyl (C=O) groups excluding carboxylic acids is 2. The summed E-state index contributed by atoms with van der Waals surface area (Å²) < 4.78 is 2.04. The number of ketones is 1. The van der Waals surface area contributed by atoms with Crippen LogP contribution in [0.4, 0.5) is 4.79 Å². The zero-order chi connectivity index (χ0) is 17.0. The molecule has 1 aliphatic heterocycles. The third-order valence-corrected chi connectivity index (χ3v) is 4.63. The predicted octanol–water partition coefficient (Wildman–Crippen LogP) is 1.56. The molecule has 2 rings (SSSR count). The number of urea groups is 1. The van der Waals surface area contributed by atoms with Crippen LogP contribution in [0.15, 0.2) is 6.07 Å². The van der Waals surface area contributed by atoms with Crippen molar-refractivity contribution < 1.29 is 9.59 Å². The van der Waals surface area contributed by atoms with Gasteiger partial charge in [0.15, 0.2) is 5.78 Å². The molecule has 2 amide bonds. The number of nitrogens with zero attached hydrogens (tertiary/aromatic N) is 3. The van der Waals surface area contributed by atoms with Gasteiger partial charge in [0.1, 0.15) is 0 Å². The van der Waals surface area contributed by atoms with E-state index < -0.39 is 0 Å². The van der Waals surface area contributed by atoms with Gasteiger partial charge in [-0.15, -0.1) is 0 Å². The van der Waals surface area contributed by atoms with Gasteiger partial charge in [-0.25, -0.2) is 4.79 Å². The van der Waals surface area contributed by atoms with Crippen LogP contribution in [0, 0.1) is 13.8 Å². The summed E-state index contributed by atoms with van der Waals surface area (Å²) >= 11 is 0. The van der Waals surface area contributed by atoms with Gasteiger partial charge in [-0.2, -0.15) is 0 Å². The summed E-state index contributed by atoms with van der Waals surface area (Å²) in [5.41, 5.74) is 2.93. The molecule has 0 saturated carbocycles. The van der Waals surface area contributed by atoms with E-state index in [2.05, 4.69) is 10.2 Å². The second-order valence-corrected chi connectivity index (χ2v) is 6.26. The first kappa shape index (κ1) is 17.5. The van der Waals surface area contributed by atoms with Crippen molar-refractivity contribution in [1.29, 1.82) is 0 Å². The molecule has 0 aliphatic carbocycles. The number of amides is 2. The molecule has 1 aromatic rings. The van der Waals surface area contributed by atoms with Crippen LogP contribution in [0.5, 0.6) is 0 Å². The molecule has 6 nitrogen and oxygen atoms in total. The smallest absolute Gasteiger partial charge is 0.317 e. The summed E-state index contributed by atoms with van der Waals surface area (Å²) in [4.78, 5) is 28.4. The van der Waals surface area contributed by atoms with Gasteiger partial charge < -0.3 is 14.8 Å². The molecule has 128 valence electrons. The average molecular weight is 320 g/mol. The topological polar surface area (TPSA) is 57.6 Å². The number of hydrogen-bond donors (Lipinski definition) is 1. The molecular weight excluding hydrogens is 292 g/mol. The van der Waals surface area contributed by atoms with Gasteiger partial charge in [0.25, 0.3) is 0 Å². The molecule has 0 spiro atoms. The second kappa shape index (κ2) is 7.64. The number of carbonyl (C=O) groups is 2. The maximum atomic E-state index is 12.5. The van der Waals surface area contributed by atoms with Gasteiger partial charge in [0.2, 0.25) is 0 Å². The van der Waals surface area contributed by atoms with E-state index >= 15 is 0 Å². The first-order chi connectivity index (χ1) is 10.9. The van der Waals surface area contributed by atoms with E-state index in [1.54, 1.807) is 0 Å². The molecule has 0 bridgehead atoms. The van der Waals surface area contributed by atoms with E-state index in [4.69, 9.17) is 0 Å². The van der Waals surface area contributed by atoms with Crippen molar-refractivity contribution in [2.24, 2.45) is 7.05 Å². The molecular formula is C17H28N4O2. The largest absolute Gasteiger partial charge is 0.351 e. The monoisotopic (exact) mass is 320 g/mol. The van der Waals surface area contributed by atoms with Gasteiger partial charge in [0, 0.05) is 56.7 Å². The van der Waals surface area contributed by atoms with Crippen molar-refractivity contribution in [1.82, 2.24) is 19.7 Å². The molecule has 6 heteroatoms. The molecule has 0 radical (unpaired) electrons. The second-order valence-electron chi connectivity index (χ2n) is 6.26. The number of rotatable bonds is 5. The lowest BCUT2D eigenvalue weighted by molar-refractivity contribution is 0.0878. The van der Waals surface area contributed by atoms with E-state index in [0.29, 0.717) is 26.2 Å². The number of aryl methyl sites for hydroxylation is 1. The first-order valence-corrected chi connectivity index (χ1v) is 8.35. The van der Waals surface area contributed by atoms with Crippen LogP contribution in [-0.4, -0.2) is 65.4 Å². The number of Topliss-reactive ketones (excluding diaryl/α,β-unsaturated/α-hetero) is 1. The summed E-state index contributed by atoms with van der Waals surface area (Å²) in [5.74, 6) is 0.162. The Hall–Kier alpha value is -1.82. The van der Waals surface area contributed by atoms with Crippen LogP contribution in [-0.2, 0) is 7.05 Å². The molecule has 2 heterocycles. The minimum atomic E-state index is 0.00681. The predicted molar refractivity (Wildman–Crippen MR) is 90.9 cm³/mol. The number of piperazine rings is 1. The van der Waals surface area contributed by atoms with Gasteiger partial charge in [-0.05, 0) is 26.3 Å². The average Bonchev–Trinajstić information content (AvgIpc) is 2.81. The Morgan fingerprint density at radius 2 is 1.83 bits per heavy atom. The molecule has 1 N–H and O–H groups in total. The van der Waals surface area contributed by atoms with Crippen LogP contribution >= 0.6 is 0 Å². The zero-order valence-corrected chi connectivity index (χ0v) is 14.7. The highest BCUT2D eigenvalue weighted by Crippen LogP contribution is 2.15. The van der Waals surface area contributed by atoms with Crippen LogP contribution in [0.2, 0.25) is 0 Å². The minimum absolute atomic E-state index is 0.00681. The van der Waals surface area contributed by atoms with Crippen molar-refractivity contribution >= 4 is 11.8 Å². The SMILES string of the molecule is CCCNC(=O)N1CCN(CC(=O)c2cc(C)n(C)c2C)CC1. The summed E-state index contributed by atoms with van der Waals surface area (Å²) in [6.45, 7) is 10.0. The fourth-order valence-electron chi connectivity index (χ4n) is 2.88. The van der Waals surface area contributed by atoms with Gasteiger partial charge in [-0.3, -0.25) is 9.69 Å². The maximum absolute atomic E-state index is 12.5. The lowest BCUT2D eigenvalue weighted by Crippen LogP contribution is -2.52. The molecule has 23 heavy (non-hydrogen) atoms. The Kier molecular flexibility index (Phi) is 5.82. The third-order valence-electron chi connectivity index (χ3n) is 4.63. The molecule has 1 aliphatic rings. The lowest BCUT2D eigenvalue weighted by Gasteiger charge is -2.34. The summed E-state index contributed by atoms with van der Waals surface area (Å²) in [6.07, 6.45) is 0.941. The fourth-order valence-corrected chi connectivity index (χ4v) is 2.88. The number of nitrogens with one attached hydrogen (secondary N) is 1. The fraction of sp³-hybridized carbons (Fsp3) is 0.647. The summed E-state index contributed by atoms with van der Waals surface area (Å²) in [6, 6.07) is 1.97. The van der Waals surface area contributed by atoms with Gasteiger partial charge in [0.05, 0.1) is 6.54 Å². The van der Waals surface area contributed by atoms with E-state index in [0.717, 1.165) is 36.5 Å². The van der Waals surface area contributed by atoms with Crippen molar-refractivity contribution in [2.45, 2.75) is 27.2 Å². The third kappa shape index (κ3) is 4.13. The van der Waals surface area contributed by atoms with E-state index in [9.17, 15) is 9.59 Å². The maximum Gasteiger partial charge on any atom is 0.317 e. The molecule has 0 atom stereocenters. The van der Waals surface area contributed by atoms with E-state index in [1.165, 1.54) is 0 Å². The standard InChI is InChI=1S/C17H28N4O2/c1-5-6-18-17(23)21-9-7-20(8-10-21)12-16(22)15-11-13(2)19(4)14(15)3/h11H,5-10,12H2,1-4H3,(H,18,23). The van der Waals surface area contributed by atoms with Crippen LogP contribution < -0.4 is 5.32 Å². The molecule has 1 fully saturated rings. The molecule has 0 aromatic carbocycles. The highest BCUT2D eigenvalue weighted by Gasteiger charge is 2.23. The van der Waals surface area contributed by atoms with E-state index in [-0.39, 0.29) is 11.8 Å². The normalized spacial score (nSPS) is 15.7. The summed E-state index contributed by atoms with van der Waals surface area (Å²) in [5, 5.41) is 2.90. The zero-order valence-electron chi connectivity index (χ0n) is 14.7. The Morgan fingerprint density at radius 3 is 2.35 bits per heavy atom. The lowest BCUT2D eigenvalue weighted by atomic mass is 10.1. The van der Waals surface area contributed by atoms with Crippen molar-refractivity contribution in [3.8, 4) is 0 Å². The van der Waals surface area contributed by atoms with Crippen LogP contribution in [0.1, 0.15) is 35.1 Å². The van der Waals surface area contributed by atoms with Gasteiger partial charge in [-0.1, -0.05) is 6.92 Å². The first-order valence-electron chi connectivity index (χ1n) is 8.35. The summed E-state index contributed by atoms with van der Waals surface area (Å²) in [7, 11) is 1.98. The number of aromatic nitrogens is 1. The Balaban J connectivity index is 1.85. The highest BCUT2D eigenvalue weighted by molar-refractivity contribution is 5.99. The van der Waals surface area contributed by atoms with Crippen molar-refractivity contribution in [2.75, 3.05) is 39.3 Å². The van der Waals surface area contributed by atoms with Crippen molar-refractivity contribution in [3.05, 3.63) is 23.0 Å². The Bertz CT molecular complexity index is 571. The minimum Gasteiger partial charge on any atom is -0.351 e.